The molecule has 2 heterocycles. The zero-order chi connectivity index (χ0) is 15.8. The van der Waals surface area contributed by atoms with Crippen molar-refractivity contribution in [1.29, 1.82) is 0 Å². The Kier molecular flexibility index (Phi) is 4.40. The van der Waals surface area contributed by atoms with Gasteiger partial charge in [-0.1, -0.05) is 6.92 Å². The molecular weight excluding hydrogens is 296 g/mol. The van der Waals surface area contributed by atoms with Crippen LogP contribution in [0.2, 0.25) is 0 Å². The van der Waals surface area contributed by atoms with Gasteiger partial charge in [0.1, 0.15) is 22.0 Å². The number of carboxylic acids is 1. The number of aromatic carboxylic acids is 1. The van der Waals surface area contributed by atoms with Gasteiger partial charge in [-0.15, -0.1) is 0 Å². The number of carbonyl (C=O) groups is 1. The second-order valence-electron chi connectivity index (χ2n) is 5.06. The van der Waals surface area contributed by atoms with Crippen LogP contribution in [0.25, 0.3) is 0 Å². The standard InChI is InChI=1S/C13H20N2O5S/c1-4-14-5-7-15(8-6-14)21(18,19)12-10(3)20-9(2)11(12)13(16)17/h4-8H2,1-3H3,(H,16,17). The van der Waals surface area contributed by atoms with E-state index in [-0.39, 0.29) is 22.0 Å². The van der Waals surface area contributed by atoms with E-state index in [1.807, 2.05) is 6.92 Å². The highest BCUT2D eigenvalue weighted by atomic mass is 32.2. The zero-order valence-electron chi connectivity index (χ0n) is 12.4. The molecule has 0 spiro atoms. The highest BCUT2D eigenvalue weighted by Crippen LogP contribution is 2.29. The fourth-order valence-corrected chi connectivity index (χ4v) is 4.43. The van der Waals surface area contributed by atoms with Crippen LogP contribution >= 0.6 is 0 Å². The second kappa shape index (κ2) is 5.78. The molecule has 2 rings (SSSR count). The van der Waals surface area contributed by atoms with Gasteiger partial charge in [-0.3, -0.25) is 0 Å². The van der Waals surface area contributed by atoms with Gasteiger partial charge in [0.15, 0.2) is 0 Å². The Hall–Kier alpha value is -1.38. The molecule has 1 N–H and O–H groups in total. The van der Waals surface area contributed by atoms with Gasteiger partial charge in [0.05, 0.1) is 0 Å². The summed E-state index contributed by atoms with van der Waals surface area (Å²) < 4.78 is 32.0. The van der Waals surface area contributed by atoms with Gasteiger partial charge in [-0.05, 0) is 20.4 Å². The van der Waals surface area contributed by atoms with Crippen molar-refractivity contribution < 1.29 is 22.7 Å². The molecule has 118 valence electrons. The summed E-state index contributed by atoms with van der Waals surface area (Å²) in [6.07, 6.45) is 0. The van der Waals surface area contributed by atoms with Crippen LogP contribution in [0.4, 0.5) is 0 Å². The summed E-state index contributed by atoms with van der Waals surface area (Å²) in [4.78, 5) is 13.3. The maximum Gasteiger partial charge on any atom is 0.340 e. The normalized spacial score (nSPS) is 18.0. The largest absolute Gasteiger partial charge is 0.478 e. The van der Waals surface area contributed by atoms with Gasteiger partial charge in [0.25, 0.3) is 0 Å². The third kappa shape index (κ3) is 2.83. The highest BCUT2D eigenvalue weighted by Gasteiger charge is 2.36. The van der Waals surface area contributed by atoms with Crippen molar-refractivity contribution in [3.8, 4) is 0 Å². The number of hydrogen-bond donors (Lipinski definition) is 1. The lowest BCUT2D eigenvalue weighted by Crippen LogP contribution is -2.48. The molecule has 0 unspecified atom stereocenters. The molecule has 1 fully saturated rings. The van der Waals surface area contributed by atoms with E-state index in [1.165, 1.54) is 18.2 Å². The van der Waals surface area contributed by atoms with Crippen molar-refractivity contribution in [2.45, 2.75) is 25.7 Å². The van der Waals surface area contributed by atoms with E-state index in [0.29, 0.717) is 26.2 Å². The Labute approximate surface area is 124 Å². The van der Waals surface area contributed by atoms with Gasteiger partial charge < -0.3 is 14.4 Å². The van der Waals surface area contributed by atoms with E-state index in [2.05, 4.69) is 4.90 Å². The van der Waals surface area contributed by atoms with E-state index in [0.717, 1.165) is 6.54 Å². The average molecular weight is 316 g/mol. The number of carboxylic acid groups (broad SMARTS) is 1. The first kappa shape index (κ1) is 16.0. The van der Waals surface area contributed by atoms with Crippen LogP contribution in [-0.4, -0.2) is 61.4 Å². The van der Waals surface area contributed by atoms with E-state index in [9.17, 15) is 18.3 Å². The summed E-state index contributed by atoms with van der Waals surface area (Å²) in [5.41, 5.74) is -0.259. The molecule has 0 aromatic carbocycles. The van der Waals surface area contributed by atoms with Crippen molar-refractivity contribution in [3.63, 3.8) is 0 Å². The first-order chi connectivity index (χ1) is 9.78. The van der Waals surface area contributed by atoms with Crippen molar-refractivity contribution in [1.82, 2.24) is 9.21 Å². The van der Waals surface area contributed by atoms with Gasteiger partial charge in [0.2, 0.25) is 10.0 Å². The Balaban J connectivity index is 2.39. The molecule has 0 amide bonds. The number of nitrogens with zero attached hydrogens (tertiary/aromatic N) is 2. The molecule has 1 aromatic heterocycles. The van der Waals surface area contributed by atoms with Crippen molar-refractivity contribution in [2.24, 2.45) is 0 Å². The van der Waals surface area contributed by atoms with Crippen molar-refractivity contribution in [2.75, 3.05) is 32.7 Å². The van der Waals surface area contributed by atoms with Crippen LogP contribution in [-0.2, 0) is 10.0 Å². The van der Waals surface area contributed by atoms with Crippen molar-refractivity contribution >= 4 is 16.0 Å². The predicted octanol–water partition coefficient (Wildman–Crippen LogP) is 0.921. The van der Waals surface area contributed by atoms with Crippen LogP contribution in [0, 0.1) is 13.8 Å². The molecule has 1 aliphatic heterocycles. The SMILES string of the molecule is CCN1CCN(S(=O)(=O)c2c(C)oc(C)c2C(=O)O)CC1. The number of piperazine rings is 1. The molecule has 0 radical (unpaired) electrons. The molecule has 1 saturated heterocycles. The van der Waals surface area contributed by atoms with Gasteiger partial charge in [0, 0.05) is 26.2 Å². The number of likely N-dealkylation sites (N-methyl/N-ethyl adjacent to an activating group) is 1. The topological polar surface area (TPSA) is 91.1 Å². The summed E-state index contributed by atoms with van der Waals surface area (Å²) in [5.74, 6) is -1.04. The summed E-state index contributed by atoms with van der Waals surface area (Å²) >= 11 is 0. The molecule has 0 saturated carbocycles. The quantitative estimate of drug-likeness (QED) is 0.888. The Morgan fingerprint density at radius 2 is 1.76 bits per heavy atom. The molecule has 7 nitrogen and oxygen atoms in total. The first-order valence-electron chi connectivity index (χ1n) is 6.84. The molecule has 0 atom stereocenters. The first-order valence-corrected chi connectivity index (χ1v) is 8.28. The van der Waals surface area contributed by atoms with Crippen LogP contribution in [0.1, 0.15) is 28.8 Å². The lowest BCUT2D eigenvalue weighted by Gasteiger charge is -2.33. The molecule has 0 bridgehead atoms. The second-order valence-corrected chi connectivity index (χ2v) is 6.94. The Bertz CT molecular complexity index is 642. The zero-order valence-corrected chi connectivity index (χ0v) is 13.2. The summed E-state index contributed by atoms with van der Waals surface area (Å²) in [5, 5.41) is 9.25. The predicted molar refractivity (Wildman–Crippen MR) is 76.0 cm³/mol. The minimum absolute atomic E-state index is 0.116. The van der Waals surface area contributed by atoms with Gasteiger partial charge >= 0.3 is 5.97 Å². The number of furan rings is 1. The Morgan fingerprint density at radius 1 is 1.19 bits per heavy atom. The minimum Gasteiger partial charge on any atom is -0.478 e. The lowest BCUT2D eigenvalue weighted by molar-refractivity contribution is 0.0691. The van der Waals surface area contributed by atoms with Crippen molar-refractivity contribution in [3.05, 3.63) is 17.1 Å². The van der Waals surface area contributed by atoms with E-state index in [1.54, 1.807) is 0 Å². The monoisotopic (exact) mass is 316 g/mol. The number of hydrogen-bond acceptors (Lipinski definition) is 5. The third-order valence-corrected chi connectivity index (χ3v) is 5.85. The van der Waals surface area contributed by atoms with Crippen LogP contribution in [0.3, 0.4) is 0 Å². The molecule has 1 aromatic rings. The molecule has 1 aliphatic rings. The van der Waals surface area contributed by atoms with E-state index < -0.39 is 16.0 Å². The number of sulfonamides is 1. The highest BCUT2D eigenvalue weighted by molar-refractivity contribution is 7.89. The van der Waals surface area contributed by atoms with Crippen LogP contribution in [0.5, 0.6) is 0 Å². The summed E-state index contributed by atoms with van der Waals surface area (Å²) in [6.45, 7) is 7.85. The van der Waals surface area contributed by atoms with Crippen LogP contribution < -0.4 is 0 Å². The van der Waals surface area contributed by atoms with E-state index >= 15 is 0 Å². The maximum absolute atomic E-state index is 12.7. The Morgan fingerprint density at radius 3 is 2.24 bits per heavy atom. The summed E-state index contributed by atoms with van der Waals surface area (Å²) in [6, 6.07) is 0. The molecule has 8 heteroatoms. The van der Waals surface area contributed by atoms with Gasteiger partial charge in [-0.2, -0.15) is 4.31 Å². The molecular formula is C13H20N2O5S. The molecule has 0 aliphatic carbocycles. The smallest absolute Gasteiger partial charge is 0.340 e. The average Bonchev–Trinajstić information content (AvgIpc) is 2.74. The third-order valence-electron chi connectivity index (χ3n) is 3.80. The maximum atomic E-state index is 12.7. The molecule has 21 heavy (non-hydrogen) atoms. The summed E-state index contributed by atoms with van der Waals surface area (Å²) in [7, 11) is -3.85. The minimum atomic E-state index is -3.85. The lowest BCUT2D eigenvalue weighted by atomic mass is 10.2. The fraction of sp³-hybridized carbons (Fsp3) is 0.615. The van der Waals surface area contributed by atoms with E-state index in [4.69, 9.17) is 4.42 Å². The van der Waals surface area contributed by atoms with Crippen LogP contribution in [0.15, 0.2) is 9.31 Å². The fourth-order valence-electron chi connectivity index (χ4n) is 2.64. The van der Waals surface area contributed by atoms with Gasteiger partial charge in [-0.25, -0.2) is 13.2 Å². The number of aryl methyl sites for hydroxylation is 2. The number of rotatable bonds is 4.